The maximum atomic E-state index is 13.2. The number of piperazine rings is 1. The first-order valence-electron chi connectivity index (χ1n) is 11.8. The number of nitrogens with one attached hydrogen (secondary N) is 1. The summed E-state index contributed by atoms with van der Waals surface area (Å²) in [5.74, 6) is -0.564. The maximum absolute atomic E-state index is 13.2. The molecule has 4 rings (SSSR count). The average Bonchev–Trinajstić information content (AvgIpc) is 2.89. The van der Waals surface area contributed by atoms with Crippen molar-refractivity contribution in [1.82, 2.24) is 4.90 Å². The van der Waals surface area contributed by atoms with Gasteiger partial charge in [-0.15, -0.1) is 0 Å². The van der Waals surface area contributed by atoms with Gasteiger partial charge in [0.15, 0.2) is 0 Å². The number of anilines is 2. The molecule has 0 aromatic heterocycles. The van der Waals surface area contributed by atoms with E-state index < -0.39 is 16.0 Å². The molecule has 1 heterocycles. The van der Waals surface area contributed by atoms with E-state index in [9.17, 15) is 18.0 Å². The van der Waals surface area contributed by atoms with Crippen molar-refractivity contribution in [2.75, 3.05) is 42.4 Å². The Hall–Kier alpha value is -3.85. The van der Waals surface area contributed by atoms with Gasteiger partial charge in [-0.2, -0.15) is 0 Å². The van der Waals surface area contributed by atoms with Crippen molar-refractivity contribution >= 4 is 33.3 Å². The van der Waals surface area contributed by atoms with Crippen molar-refractivity contribution in [3.05, 3.63) is 89.5 Å². The quantitative estimate of drug-likeness (QED) is 0.487. The number of benzene rings is 3. The standard InChI is InChI=1S/C27H29N3O5S/c1-3-35-27(32)22-11-14-25(24(19-22)28-36(33,34)23-12-9-20(2)10-13-23)29-15-17-30(18-16-29)26(31)21-7-5-4-6-8-21/h4-14,19,28H,3,15-18H2,1-2H3. The summed E-state index contributed by atoms with van der Waals surface area (Å²) >= 11 is 0. The van der Waals surface area contributed by atoms with E-state index in [2.05, 4.69) is 4.72 Å². The molecule has 8 nitrogen and oxygen atoms in total. The minimum atomic E-state index is -3.90. The maximum Gasteiger partial charge on any atom is 0.338 e. The second-order valence-electron chi connectivity index (χ2n) is 8.52. The Labute approximate surface area is 211 Å². The Bertz CT molecular complexity index is 1330. The van der Waals surface area contributed by atoms with Gasteiger partial charge in [0.1, 0.15) is 0 Å². The fourth-order valence-corrected chi connectivity index (χ4v) is 5.14. The third-order valence-corrected chi connectivity index (χ3v) is 7.39. The van der Waals surface area contributed by atoms with E-state index in [1.165, 1.54) is 6.07 Å². The van der Waals surface area contributed by atoms with Crippen LogP contribution in [0.5, 0.6) is 0 Å². The van der Waals surface area contributed by atoms with E-state index in [0.717, 1.165) is 5.56 Å². The van der Waals surface area contributed by atoms with E-state index >= 15 is 0 Å². The number of amides is 1. The average molecular weight is 508 g/mol. The molecular weight excluding hydrogens is 478 g/mol. The van der Waals surface area contributed by atoms with Crippen molar-refractivity contribution < 1.29 is 22.7 Å². The van der Waals surface area contributed by atoms with Crippen molar-refractivity contribution in [3.8, 4) is 0 Å². The number of hydrogen-bond donors (Lipinski definition) is 1. The fraction of sp³-hybridized carbons (Fsp3) is 0.259. The number of carbonyl (C=O) groups excluding carboxylic acids is 2. The lowest BCUT2D eigenvalue weighted by Gasteiger charge is -2.37. The molecular formula is C27H29N3O5S. The molecule has 1 saturated heterocycles. The van der Waals surface area contributed by atoms with Crippen LogP contribution in [0.15, 0.2) is 77.7 Å². The number of sulfonamides is 1. The van der Waals surface area contributed by atoms with Crippen molar-refractivity contribution in [2.45, 2.75) is 18.7 Å². The number of esters is 1. The van der Waals surface area contributed by atoms with Gasteiger partial charge >= 0.3 is 5.97 Å². The SMILES string of the molecule is CCOC(=O)c1ccc(N2CCN(C(=O)c3ccccc3)CC2)c(NS(=O)(=O)c2ccc(C)cc2)c1. The molecule has 0 radical (unpaired) electrons. The van der Waals surface area contributed by atoms with E-state index in [1.54, 1.807) is 60.4 Å². The molecule has 1 N–H and O–H groups in total. The van der Waals surface area contributed by atoms with Gasteiger partial charge in [-0.1, -0.05) is 35.9 Å². The van der Waals surface area contributed by atoms with Crippen LogP contribution in [0.1, 0.15) is 33.2 Å². The van der Waals surface area contributed by atoms with Gasteiger partial charge < -0.3 is 14.5 Å². The predicted octanol–water partition coefficient (Wildman–Crippen LogP) is 3.93. The van der Waals surface area contributed by atoms with Crippen molar-refractivity contribution in [1.29, 1.82) is 0 Å². The van der Waals surface area contributed by atoms with E-state index in [1.807, 2.05) is 30.0 Å². The summed E-state index contributed by atoms with van der Waals surface area (Å²) < 4.78 is 34.1. The monoisotopic (exact) mass is 507 g/mol. The first kappa shape index (κ1) is 25.2. The van der Waals surface area contributed by atoms with Gasteiger partial charge in [0.2, 0.25) is 0 Å². The summed E-state index contributed by atoms with van der Waals surface area (Å²) in [5, 5.41) is 0. The van der Waals surface area contributed by atoms with Gasteiger partial charge in [0, 0.05) is 31.7 Å². The highest BCUT2D eigenvalue weighted by Crippen LogP contribution is 2.31. The van der Waals surface area contributed by atoms with Crippen LogP contribution in [-0.2, 0) is 14.8 Å². The van der Waals surface area contributed by atoms with Gasteiger partial charge in [0.05, 0.1) is 28.4 Å². The Morgan fingerprint density at radius 3 is 2.19 bits per heavy atom. The second kappa shape index (κ2) is 10.8. The third-order valence-electron chi connectivity index (χ3n) is 6.01. The van der Waals surface area contributed by atoms with E-state index in [0.29, 0.717) is 37.4 Å². The molecule has 1 aliphatic rings. The lowest BCUT2D eigenvalue weighted by Crippen LogP contribution is -2.49. The van der Waals surface area contributed by atoms with Crippen molar-refractivity contribution in [2.24, 2.45) is 0 Å². The van der Waals surface area contributed by atoms with Gasteiger partial charge in [0.25, 0.3) is 15.9 Å². The first-order valence-corrected chi connectivity index (χ1v) is 13.3. The van der Waals surface area contributed by atoms with Gasteiger partial charge in [-0.25, -0.2) is 13.2 Å². The summed E-state index contributed by atoms with van der Waals surface area (Å²) in [6.45, 7) is 5.79. The predicted molar refractivity (Wildman–Crippen MR) is 139 cm³/mol. The van der Waals surface area contributed by atoms with Crippen LogP contribution < -0.4 is 9.62 Å². The molecule has 188 valence electrons. The minimum absolute atomic E-state index is 0.0341. The van der Waals surface area contributed by atoms with Crippen LogP contribution >= 0.6 is 0 Å². The molecule has 1 amide bonds. The number of aryl methyl sites for hydroxylation is 1. The molecule has 3 aromatic rings. The lowest BCUT2D eigenvalue weighted by atomic mass is 10.1. The zero-order valence-electron chi connectivity index (χ0n) is 20.3. The molecule has 0 spiro atoms. The van der Waals surface area contributed by atoms with Crippen LogP contribution in [0.25, 0.3) is 0 Å². The summed E-state index contributed by atoms with van der Waals surface area (Å²) in [7, 11) is -3.90. The van der Waals surface area contributed by atoms with E-state index in [4.69, 9.17) is 4.74 Å². The van der Waals surface area contributed by atoms with Crippen molar-refractivity contribution in [3.63, 3.8) is 0 Å². The van der Waals surface area contributed by atoms with Crippen LogP contribution in [0, 0.1) is 6.92 Å². The zero-order chi connectivity index (χ0) is 25.7. The molecule has 0 aliphatic carbocycles. The first-order chi connectivity index (χ1) is 17.3. The lowest BCUT2D eigenvalue weighted by molar-refractivity contribution is 0.0526. The highest BCUT2D eigenvalue weighted by molar-refractivity contribution is 7.92. The number of rotatable bonds is 7. The van der Waals surface area contributed by atoms with Crippen LogP contribution in [0.2, 0.25) is 0 Å². The molecule has 36 heavy (non-hydrogen) atoms. The molecule has 9 heteroatoms. The molecule has 1 aliphatic heterocycles. The minimum Gasteiger partial charge on any atom is -0.462 e. The topological polar surface area (TPSA) is 96.0 Å². The Kier molecular flexibility index (Phi) is 7.59. The number of nitrogens with zero attached hydrogens (tertiary/aromatic N) is 2. The molecule has 0 atom stereocenters. The van der Waals surface area contributed by atoms with Gasteiger partial charge in [-0.05, 0) is 56.3 Å². The van der Waals surface area contributed by atoms with Crippen LogP contribution in [0.3, 0.4) is 0 Å². The normalized spacial score (nSPS) is 13.8. The Morgan fingerprint density at radius 2 is 1.56 bits per heavy atom. The number of hydrogen-bond acceptors (Lipinski definition) is 6. The largest absolute Gasteiger partial charge is 0.462 e. The zero-order valence-corrected chi connectivity index (χ0v) is 21.1. The molecule has 1 fully saturated rings. The molecule has 0 unspecified atom stereocenters. The summed E-state index contributed by atoms with van der Waals surface area (Å²) in [6, 6.07) is 20.5. The number of carbonyl (C=O) groups is 2. The molecule has 0 saturated carbocycles. The van der Waals surface area contributed by atoms with Crippen LogP contribution in [0.4, 0.5) is 11.4 Å². The fourth-order valence-electron chi connectivity index (χ4n) is 4.07. The summed E-state index contributed by atoms with van der Waals surface area (Å²) in [4.78, 5) is 29.1. The Morgan fingerprint density at radius 1 is 0.889 bits per heavy atom. The number of ether oxygens (including phenoxy) is 1. The highest BCUT2D eigenvalue weighted by Gasteiger charge is 2.26. The van der Waals surface area contributed by atoms with Crippen LogP contribution in [-0.4, -0.2) is 58.0 Å². The third kappa shape index (κ3) is 5.68. The molecule has 0 bridgehead atoms. The Balaban J connectivity index is 1.59. The second-order valence-corrected chi connectivity index (χ2v) is 10.2. The van der Waals surface area contributed by atoms with E-state index in [-0.39, 0.29) is 28.7 Å². The van der Waals surface area contributed by atoms with Gasteiger partial charge in [-0.3, -0.25) is 9.52 Å². The molecule has 3 aromatic carbocycles. The highest BCUT2D eigenvalue weighted by atomic mass is 32.2. The smallest absolute Gasteiger partial charge is 0.338 e. The summed E-state index contributed by atoms with van der Waals surface area (Å²) in [6.07, 6.45) is 0. The summed E-state index contributed by atoms with van der Waals surface area (Å²) in [5.41, 5.74) is 2.74.